The molecule has 0 unspecified atom stereocenters. The number of nitro groups is 1. The Kier molecular flexibility index (Phi) is 4.54. The SMILES string of the molecule is O=[N+]([O-])c1c(NCc2cccnc2)ncnc1Nc1nc2ccccc2s1. The maximum atomic E-state index is 11.6. The number of para-hydroxylation sites is 1. The fourth-order valence-electron chi connectivity index (χ4n) is 2.49. The number of hydrogen-bond acceptors (Lipinski definition) is 9. The Hall–Kier alpha value is -3.66. The minimum Gasteiger partial charge on any atom is -0.360 e. The van der Waals surface area contributed by atoms with Crippen molar-refractivity contribution in [1.82, 2.24) is 19.9 Å². The molecule has 10 heteroatoms. The van der Waals surface area contributed by atoms with Crippen molar-refractivity contribution in [3.63, 3.8) is 0 Å². The number of rotatable bonds is 6. The van der Waals surface area contributed by atoms with Crippen LogP contribution in [-0.2, 0) is 6.54 Å². The van der Waals surface area contributed by atoms with Gasteiger partial charge in [-0.3, -0.25) is 15.1 Å². The van der Waals surface area contributed by atoms with E-state index in [2.05, 4.69) is 30.6 Å². The minimum absolute atomic E-state index is 0.0859. The normalized spacial score (nSPS) is 10.7. The third-order valence-electron chi connectivity index (χ3n) is 3.71. The number of nitrogens with zero attached hydrogens (tertiary/aromatic N) is 5. The smallest absolute Gasteiger partial charge is 0.353 e. The van der Waals surface area contributed by atoms with E-state index in [9.17, 15) is 10.1 Å². The lowest BCUT2D eigenvalue weighted by molar-refractivity contribution is -0.383. The van der Waals surface area contributed by atoms with Crippen LogP contribution in [0, 0.1) is 10.1 Å². The van der Waals surface area contributed by atoms with Crippen molar-refractivity contribution in [3.8, 4) is 0 Å². The molecule has 0 bridgehead atoms. The van der Waals surface area contributed by atoms with Crippen LogP contribution in [0.25, 0.3) is 10.2 Å². The van der Waals surface area contributed by atoms with Gasteiger partial charge in [-0.05, 0) is 23.8 Å². The van der Waals surface area contributed by atoms with Crippen LogP contribution in [0.15, 0.2) is 55.1 Å². The van der Waals surface area contributed by atoms with Crippen LogP contribution in [0.3, 0.4) is 0 Å². The third-order valence-corrected chi connectivity index (χ3v) is 4.66. The lowest BCUT2D eigenvalue weighted by atomic mass is 10.3. The van der Waals surface area contributed by atoms with Crippen LogP contribution in [0.1, 0.15) is 5.56 Å². The van der Waals surface area contributed by atoms with Crippen LogP contribution in [-0.4, -0.2) is 24.9 Å². The number of pyridine rings is 1. The van der Waals surface area contributed by atoms with Crippen molar-refractivity contribution in [3.05, 3.63) is 70.8 Å². The summed E-state index contributed by atoms with van der Waals surface area (Å²) in [5, 5.41) is 18.1. The Morgan fingerprint density at radius 1 is 1.11 bits per heavy atom. The van der Waals surface area contributed by atoms with Gasteiger partial charge in [-0.1, -0.05) is 29.5 Å². The highest BCUT2D eigenvalue weighted by atomic mass is 32.1. The van der Waals surface area contributed by atoms with Crippen molar-refractivity contribution >= 4 is 44.0 Å². The van der Waals surface area contributed by atoms with E-state index in [0.29, 0.717) is 11.7 Å². The molecular weight excluding hydrogens is 366 g/mol. The van der Waals surface area contributed by atoms with Crippen LogP contribution >= 0.6 is 11.3 Å². The van der Waals surface area contributed by atoms with Gasteiger partial charge in [0.2, 0.25) is 11.6 Å². The molecule has 0 spiro atoms. The van der Waals surface area contributed by atoms with Gasteiger partial charge in [0, 0.05) is 18.9 Å². The highest BCUT2D eigenvalue weighted by Crippen LogP contribution is 2.34. The standard InChI is InChI=1S/C17H13N7O2S/c25-24(26)14-15(19-9-11-4-3-7-18-8-11)20-10-21-16(14)23-17-22-12-5-1-2-6-13(12)27-17/h1-8,10H,9H2,(H2,19,20,21,22,23). The Morgan fingerprint density at radius 3 is 2.74 bits per heavy atom. The first-order valence-electron chi connectivity index (χ1n) is 7.95. The highest BCUT2D eigenvalue weighted by molar-refractivity contribution is 7.22. The van der Waals surface area contributed by atoms with Crippen LogP contribution in [0.2, 0.25) is 0 Å². The van der Waals surface area contributed by atoms with Crippen LogP contribution in [0.5, 0.6) is 0 Å². The molecule has 4 rings (SSSR count). The van der Waals surface area contributed by atoms with E-state index in [4.69, 9.17) is 0 Å². The van der Waals surface area contributed by atoms with E-state index in [1.165, 1.54) is 17.7 Å². The number of thiazole rings is 1. The first-order chi connectivity index (χ1) is 13.2. The number of nitrogens with one attached hydrogen (secondary N) is 2. The van der Waals surface area contributed by atoms with E-state index < -0.39 is 4.92 Å². The summed E-state index contributed by atoms with van der Waals surface area (Å²) in [7, 11) is 0. The summed E-state index contributed by atoms with van der Waals surface area (Å²) in [6, 6.07) is 11.3. The van der Waals surface area contributed by atoms with Crippen molar-refractivity contribution in [2.75, 3.05) is 10.6 Å². The Morgan fingerprint density at radius 2 is 1.96 bits per heavy atom. The molecule has 1 aromatic carbocycles. The summed E-state index contributed by atoms with van der Waals surface area (Å²) in [4.78, 5) is 27.6. The molecule has 0 amide bonds. The molecule has 0 aliphatic rings. The van der Waals surface area contributed by atoms with Crippen molar-refractivity contribution in [1.29, 1.82) is 0 Å². The molecular formula is C17H13N7O2S. The van der Waals surface area contributed by atoms with Gasteiger partial charge in [-0.2, -0.15) is 0 Å². The molecule has 0 fully saturated rings. The summed E-state index contributed by atoms with van der Waals surface area (Å²) in [6.45, 7) is 0.353. The van der Waals surface area contributed by atoms with E-state index in [-0.39, 0.29) is 17.3 Å². The first-order valence-corrected chi connectivity index (χ1v) is 8.77. The van der Waals surface area contributed by atoms with E-state index in [1.54, 1.807) is 18.5 Å². The predicted molar refractivity (Wildman–Crippen MR) is 103 cm³/mol. The first kappa shape index (κ1) is 16.8. The number of anilines is 3. The second-order valence-electron chi connectivity index (χ2n) is 5.50. The van der Waals surface area contributed by atoms with E-state index >= 15 is 0 Å². The second-order valence-corrected chi connectivity index (χ2v) is 6.53. The largest absolute Gasteiger partial charge is 0.360 e. The Bertz CT molecular complexity index is 1070. The number of benzene rings is 1. The van der Waals surface area contributed by atoms with Gasteiger partial charge < -0.3 is 10.6 Å². The maximum Gasteiger partial charge on any atom is 0.353 e. The van der Waals surface area contributed by atoms with E-state index in [1.807, 2.05) is 30.3 Å². The zero-order valence-corrected chi connectivity index (χ0v) is 14.7. The van der Waals surface area contributed by atoms with Gasteiger partial charge in [-0.25, -0.2) is 15.0 Å². The molecule has 0 aliphatic carbocycles. The monoisotopic (exact) mass is 379 g/mol. The van der Waals surface area contributed by atoms with E-state index in [0.717, 1.165) is 15.8 Å². The van der Waals surface area contributed by atoms with Gasteiger partial charge in [-0.15, -0.1) is 0 Å². The third kappa shape index (κ3) is 3.65. The number of hydrogen-bond donors (Lipinski definition) is 2. The average molecular weight is 379 g/mol. The summed E-state index contributed by atoms with van der Waals surface area (Å²) in [5.41, 5.74) is 1.46. The molecule has 3 aromatic heterocycles. The van der Waals surface area contributed by atoms with Gasteiger partial charge >= 0.3 is 5.69 Å². The summed E-state index contributed by atoms with van der Waals surface area (Å²) in [6.07, 6.45) is 4.62. The van der Waals surface area contributed by atoms with Crippen molar-refractivity contribution in [2.45, 2.75) is 6.54 Å². The van der Waals surface area contributed by atoms with Gasteiger partial charge in [0.1, 0.15) is 6.33 Å². The fraction of sp³-hybridized carbons (Fsp3) is 0.0588. The van der Waals surface area contributed by atoms with Crippen LogP contribution < -0.4 is 10.6 Å². The van der Waals surface area contributed by atoms with Crippen LogP contribution in [0.4, 0.5) is 22.5 Å². The summed E-state index contributed by atoms with van der Waals surface area (Å²) >= 11 is 1.39. The highest BCUT2D eigenvalue weighted by Gasteiger charge is 2.23. The Labute approximate surface area is 157 Å². The van der Waals surface area contributed by atoms with Gasteiger partial charge in [0.25, 0.3) is 0 Å². The zero-order valence-electron chi connectivity index (χ0n) is 13.9. The molecule has 0 saturated heterocycles. The summed E-state index contributed by atoms with van der Waals surface area (Å²) < 4.78 is 0.978. The molecule has 0 atom stereocenters. The number of aromatic nitrogens is 4. The van der Waals surface area contributed by atoms with Gasteiger partial charge in [0.05, 0.1) is 15.1 Å². The molecule has 134 valence electrons. The van der Waals surface area contributed by atoms with Crippen molar-refractivity contribution in [2.24, 2.45) is 0 Å². The molecule has 0 saturated carbocycles. The fourth-order valence-corrected chi connectivity index (χ4v) is 3.35. The molecule has 0 radical (unpaired) electrons. The Balaban J connectivity index is 1.63. The van der Waals surface area contributed by atoms with Crippen molar-refractivity contribution < 1.29 is 4.92 Å². The molecule has 4 aromatic rings. The molecule has 9 nitrogen and oxygen atoms in total. The molecule has 27 heavy (non-hydrogen) atoms. The second kappa shape index (κ2) is 7.30. The number of fused-ring (bicyclic) bond motifs is 1. The lowest BCUT2D eigenvalue weighted by Crippen LogP contribution is -2.08. The maximum absolute atomic E-state index is 11.6. The minimum atomic E-state index is -0.513. The molecule has 2 N–H and O–H groups in total. The molecule has 0 aliphatic heterocycles. The van der Waals surface area contributed by atoms with Gasteiger partial charge in [0.15, 0.2) is 5.13 Å². The predicted octanol–water partition coefficient (Wildman–Crippen LogP) is 3.75. The zero-order chi connectivity index (χ0) is 18.6. The summed E-state index contributed by atoms with van der Waals surface area (Å²) in [5.74, 6) is 0.213. The lowest BCUT2D eigenvalue weighted by Gasteiger charge is -2.08. The topological polar surface area (TPSA) is 119 Å². The quantitative estimate of drug-likeness (QED) is 0.384. The average Bonchev–Trinajstić information content (AvgIpc) is 3.09. The molecule has 3 heterocycles.